The fourth-order valence-corrected chi connectivity index (χ4v) is 5.55. The van der Waals surface area contributed by atoms with E-state index in [0.29, 0.717) is 12.3 Å². The quantitative estimate of drug-likeness (QED) is 0.579. The van der Waals surface area contributed by atoms with E-state index >= 15 is 0 Å². The van der Waals surface area contributed by atoms with Gasteiger partial charge < -0.3 is 14.6 Å². The Morgan fingerprint density at radius 1 is 1.04 bits per heavy atom. The van der Waals surface area contributed by atoms with Gasteiger partial charge in [-0.25, -0.2) is 0 Å². The highest BCUT2D eigenvalue weighted by molar-refractivity contribution is 6.84. The lowest BCUT2D eigenvalue weighted by atomic mass is 9.73. The van der Waals surface area contributed by atoms with E-state index in [9.17, 15) is 10.2 Å². The summed E-state index contributed by atoms with van der Waals surface area (Å²) in [6.45, 7) is 13.0. The van der Waals surface area contributed by atoms with Crippen molar-refractivity contribution in [1.29, 1.82) is 0 Å². The number of hydrogen-bond donors (Lipinski definition) is 2. The van der Waals surface area contributed by atoms with E-state index in [4.69, 9.17) is 16.0 Å². The van der Waals surface area contributed by atoms with Gasteiger partial charge in [0.25, 0.3) is 0 Å². The van der Waals surface area contributed by atoms with Crippen LogP contribution in [0.1, 0.15) is 46.6 Å². The van der Waals surface area contributed by atoms with E-state index in [1.807, 2.05) is 31.2 Å². The molecule has 1 rings (SSSR count). The second kappa shape index (κ2) is 6.85. The molecule has 2 atom stereocenters. The SMILES string of the molecule is CCC(C)(O)C(C)(O[Si](C)(C)c1ccc(CCl)cc1)C(C)(C)O. The van der Waals surface area contributed by atoms with Crippen molar-refractivity contribution in [3.05, 3.63) is 29.8 Å². The van der Waals surface area contributed by atoms with Crippen molar-refractivity contribution in [2.45, 2.75) is 76.8 Å². The molecule has 2 N–H and O–H groups in total. The van der Waals surface area contributed by atoms with E-state index in [1.165, 1.54) is 0 Å². The fourth-order valence-electron chi connectivity index (χ4n) is 2.80. The van der Waals surface area contributed by atoms with Gasteiger partial charge in [0.1, 0.15) is 5.60 Å². The van der Waals surface area contributed by atoms with Crippen LogP contribution in [0.5, 0.6) is 0 Å². The zero-order valence-corrected chi connectivity index (χ0v) is 17.2. The average molecular weight is 359 g/mol. The van der Waals surface area contributed by atoms with Gasteiger partial charge in [0.15, 0.2) is 0 Å². The van der Waals surface area contributed by atoms with Crippen molar-refractivity contribution in [2.75, 3.05) is 0 Å². The fraction of sp³-hybridized carbons (Fsp3) is 0.667. The van der Waals surface area contributed by atoms with Crippen molar-refractivity contribution in [1.82, 2.24) is 0 Å². The second-order valence-electron chi connectivity index (χ2n) is 7.66. The highest BCUT2D eigenvalue weighted by atomic mass is 35.5. The van der Waals surface area contributed by atoms with Crippen LogP contribution in [-0.4, -0.2) is 35.3 Å². The first-order valence-electron chi connectivity index (χ1n) is 8.11. The molecule has 0 radical (unpaired) electrons. The molecule has 0 saturated carbocycles. The highest BCUT2D eigenvalue weighted by Crippen LogP contribution is 2.40. The third-order valence-electron chi connectivity index (χ3n) is 5.15. The van der Waals surface area contributed by atoms with Gasteiger partial charge in [-0.2, -0.15) is 0 Å². The van der Waals surface area contributed by atoms with Crippen molar-refractivity contribution in [2.24, 2.45) is 0 Å². The molecule has 0 amide bonds. The molecule has 5 heteroatoms. The summed E-state index contributed by atoms with van der Waals surface area (Å²) >= 11 is 5.85. The number of alkyl halides is 1. The largest absolute Gasteiger partial charge is 0.402 e. The lowest BCUT2D eigenvalue weighted by Gasteiger charge is -2.53. The Morgan fingerprint density at radius 2 is 1.52 bits per heavy atom. The lowest BCUT2D eigenvalue weighted by molar-refractivity contribution is -0.208. The smallest absolute Gasteiger partial charge is 0.219 e. The summed E-state index contributed by atoms with van der Waals surface area (Å²) in [6, 6.07) is 8.07. The van der Waals surface area contributed by atoms with Crippen LogP contribution in [0.3, 0.4) is 0 Å². The number of benzene rings is 1. The van der Waals surface area contributed by atoms with Crippen LogP contribution in [0.25, 0.3) is 0 Å². The van der Waals surface area contributed by atoms with Crippen LogP contribution in [0, 0.1) is 0 Å². The van der Waals surface area contributed by atoms with E-state index in [1.54, 1.807) is 27.7 Å². The van der Waals surface area contributed by atoms with E-state index in [2.05, 4.69) is 13.1 Å². The molecule has 0 aromatic heterocycles. The molecular weight excluding hydrogens is 328 g/mol. The Bertz CT molecular complexity index is 520. The molecule has 23 heavy (non-hydrogen) atoms. The number of rotatable bonds is 7. The predicted octanol–water partition coefficient (Wildman–Crippen LogP) is 3.54. The summed E-state index contributed by atoms with van der Waals surface area (Å²) in [5, 5.41) is 22.7. The van der Waals surface area contributed by atoms with Crippen LogP contribution < -0.4 is 5.19 Å². The molecule has 0 spiro atoms. The van der Waals surface area contributed by atoms with Crippen LogP contribution in [0.4, 0.5) is 0 Å². The molecular formula is C18H31ClO3Si. The van der Waals surface area contributed by atoms with Crippen LogP contribution in [0.2, 0.25) is 13.1 Å². The van der Waals surface area contributed by atoms with Gasteiger partial charge in [-0.1, -0.05) is 31.2 Å². The Kier molecular flexibility index (Phi) is 6.15. The molecule has 0 aliphatic carbocycles. The molecule has 0 aliphatic heterocycles. The molecule has 1 aromatic carbocycles. The monoisotopic (exact) mass is 358 g/mol. The number of hydrogen-bond acceptors (Lipinski definition) is 3. The molecule has 0 aliphatic rings. The minimum absolute atomic E-state index is 0.481. The zero-order valence-electron chi connectivity index (χ0n) is 15.4. The summed E-state index contributed by atoms with van der Waals surface area (Å²) < 4.78 is 6.51. The first-order valence-corrected chi connectivity index (χ1v) is 11.6. The molecule has 1 aromatic rings. The van der Waals surface area contributed by atoms with Crippen molar-refractivity contribution < 1.29 is 14.6 Å². The lowest BCUT2D eigenvalue weighted by Crippen LogP contribution is -2.68. The minimum atomic E-state index is -2.35. The summed E-state index contributed by atoms with van der Waals surface area (Å²) in [5.74, 6) is 0.481. The van der Waals surface area contributed by atoms with Crippen molar-refractivity contribution >= 4 is 25.1 Å². The number of aliphatic hydroxyl groups is 2. The third-order valence-corrected chi connectivity index (χ3v) is 8.10. The molecule has 0 saturated heterocycles. The molecule has 3 nitrogen and oxygen atoms in total. The zero-order chi connectivity index (χ0) is 18.1. The molecule has 0 bridgehead atoms. The van der Waals surface area contributed by atoms with Crippen LogP contribution in [-0.2, 0) is 10.3 Å². The maximum Gasteiger partial charge on any atom is 0.219 e. The Morgan fingerprint density at radius 3 is 1.87 bits per heavy atom. The van der Waals surface area contributed by atoms with Gasteiger partial charge in [0.2, 0.25) is 8.32 Å². The van der Waals surface area contributed by atoms with E-state index in [-0.39, 0.29) is 0 Å². The van der Waals surface area contributed by atoms with Gasteiger partial charge in [0, 0.05) is 5.88 Å². The maximum atomic E-state index is 10.9. The third kappa shape index (κ3) is 4.17. The topological polar surface area (TPSA) is 49.7 Å². The average Bonchev–Trinajstić information content (AvgIpc) is 2.45. The Hall–Kier alpha value is -0.393. The highest BCUT2D eigenvalue weighted by Gasteiger charge is 2.55. The molecule has 2 unspecified atom stereocenters. The van der Waals surface area contributed by atoms with Gasteiger partial charge in [-0.05, 0) is 58.0 Å². The Balaban J connectivity index is 3.25. The first-order chi connectivity index (χ1) is 10.3. The normalized spacial score (nSPS) is 18.3. The van der Waals surface area contributed by atoms with Crippen LogP contribution >= 0.6 is 11.6 Å². The van der Waals surface area contributed by atoms with Crippen LogP contribution in [0.15, 0.2) is 24.3 Å². The van der Waals surface area contributed by atoms with Gasteiger partial charge in [-0.3, -0.25) is 0 Å². The number of halogens is 1. The first kappa shape index (κ1) is 20.7. The predicted molar refractivity (Wildman–Crippen MR) is 99.8 cm³/mol. The van der Waals surface area contributed by atoms with Gasteiger partial charge in [0.05, 0.1) is 11.2 Å². The summed E-state index contributed by atoms with van der Waals surface area (Å²) in [5.41, 5.74) is -2.36. The second-order valence-corrected chi connectivity index (χ2v) is 11.7. The standard InChI is InChI=1S/C18H31ClO3Si/c1-8-17(4,21)18(5,16(2,3)20)22-23(6,7)15-11-9-14(13-19)10-12-15/h9-12,20-21H,8,13H2,1-7H3. The van der Waals surface area contributed by atoms with E-state index in [0.717, 1.165) is 10.8 Å². The van der Waals surface area contributed by atoms with Gasteiger partial charge >= 0.3 is 0 Å². The van der Waals surface area contributed by atoms with Gasteiger partial charge in [-0.15, -0.1) is 11.6 Å². The summed E-state index contributed by atoms with van der Waals surface area (Å²) in [4.78, 5) is 0. The van der Waals surface area contributed by atoms with Crippen molar-refractivity contribution in [3.63, 3.8) is 0 Å². The maximum absolute atomic E-state index is 10.9. The molecule has 132 valence electrons. The molecule has 0 heterocycles. The minimum Gasteiger partial charge on any atom is -0.402 e. The Labute approximate surface area is 146 Å². The summed E-state index contributed by atoms with van der Waals surface area (Å²) in [6.07, 6.45) is 0.489. The van der Waals surface area contributed by atoms with E-state index < -0.39 is 25.1 Å². The van der Waals surface area contributed by atoms with Crippen molar-refractivity contribution in [3.8, 4) is 0 Å². The molecule has 0 fully saturated rings. The summed E-state index contributed by atoms with van der Waals surface area (Å²) in [7, 11) is -2.35.